The first kappa shape index (κ1) is 27.8. The third-order valence-electron chi connectivity index (χ3n) is 9.51. The monoisotopic (exact) mass is 590 g/mol. The molecule has 11 heteroatoms. The van der Waals surface area contributed by atoms with Crippen LogP contribution in [0.4, 0.5) is 19.0 Å². The minimum atomic E-state index is -3.64. The lowest BCUT2D eigenvalue weighted by atomic mass is 9.86. The van der Waals surface area contributed by atoms with Gasteiger partial charge in [-0.1, -0.05) is 42.5 Å². The SMILES string of the molecule is CC(O)(c1ccc(-c2nc([C@@H]3CC[C@H]4CNC5(CC5)C(=O)N4C3)n3ccnc(N)c23)cc1)c1cccc(C(F)(F)CF)c1. The number of nitrogen functional groups attached to an aromatic ring is 1. The van der Waals surface area contributed by atoms with Gasteiger partial charge in [-0.2, -0.15) is 8.78 Å². The zero-order chi connectivity index (χ0) is 30.1. The molecule has 3 aliphatic rings. The van der Waals surface area contributed by atoms with E-state index in [4.69, 9.17) is 10.7 Å². The summed E-state index contributed by atoms with van der Waals surface area (Å²) in [6.07, 6.45) is 7.01. The Bertz CT molecular complexity index is 1720. The standard InChI is InChI=1S/C32H33F3N6O2/c1-30(43,22-3-2-4-23(15-22)32(34,35)18-33)21-8-5-19(6-9-21)25-26-27(36)37-13-14-40(26)28(39-25)20-7-10-24-16-38-31(11-12-31)29(42)41(24)17-20/h2-6,8-9,13-15,20,24,38,43H,7,10-12,16-18H2,1H3,(H2,36,37)/t20-,24+,30?/m1/s1. The second kappa shape index (κ2) is 9.78. The lowest BCUT2D eigenvalue weighted by molar-refractivity contribution is -0.142. The minimum absolute atomic E-state index is 0.0203. The molecular weight excluding hydrogens is 557 g/mol. The van der Waals surface area contributed by atoms with Crippen LogP contribution in [0.3, 0.4) is 0 Å². The van der Waals surface area contributed by atoms with Crippen molar-refractivity contribution in [2.75, 3.05) is 25.5 Å². The zero-order valence-corrected chi connectivity index (χ0v) is 23.7. The van der Waals surface area contributed by atoms with E-state index in [1.54, 1.807) is 30.5 Å². The third kappa shape index (κ3) is 4.48. The van der Waals surface area contributed by atoms with Crippen molar-refractivity contribution >= 4 is 17.2 Å². The van der Waals surface area contributed by atoms with Gasteiger partial charge in [-0.3, -0.25) is 9.20 Å². The molecular formula is C32H33F3N6O2. The number of anilines is 1. The van der Waals surface area contributed by atoms with E-state index in [1.807, 2.05) is 15.5 Å². The molecule has 43 heavy (non-hydrogen) atoms. The summed E-state index contributed by atoms with van der Waals surface area (Å²) in [6.45, 7) is 1.11. The van der Waals surface area contributed by atoms with Crippen molar-refractivity contribution in [1.29, 1.82) is 0 Å². The number of nitrogens with zero attached hydrogens (tertiary/aromatic N) is 4. The first-order chi connectivity index (χ1) is 20.5. The Hall–Kier alpha value is -3.96. The van der Waals surface area contributed by atoms with Crippen LogP contribution in [-0.2, 0) is 16.3 Å². The maximum Gasteiger partial charge on any atom is 0.301 e. The smallest absolute Gasteiger partial charge is 0.301 e. The van der Waals surface area contributed by atoms with Crippen molar-refractivity contribution in [3.8, 4) is 11.3 Å². The Balaban J connectivity index is 1.21. The number of imidazole rings is 1. The molecule has 2 aromatic heterocycles. The number of hydrogen-bond acceptors (Lipinski definition) is 6. The number of benzene rings is 2. The second-order valence-electron chi connectivity index (χ2n) is 12.3. The number of alkyl halides is 3. The van der Waals surface area contributed by atoms with Gasteiger partial charge in [0.15, 0.2) is 6.67 Å². The number of amides is 1. The molecule has 3 atom stereocenters. The van der Waals surface area contributed by atoms with E-state index < -0.39 is 23.8 Å². The number of carbonyl (C=O) groups excluding carboxylic acids is 1. The molecule has 2 saturated heterocycles. The van der Waals surface area contributed by atoms with Crippen molar-refractivity contribution in [3.05, 3.63) is 83.4 Å². The number of carbonyl (C=O) groups is 1. The molecule has 4 aromatic rings. The molecule has 2 aliphatic heterocycles. The maximum atomic E-state index is 14.0. The Labute approximate surface area is 246 Å². The molecule has 7 rings (SSSR count). The number of halogens is 3. The third-order valence-corrected chi connectivity index (χ3v) is 9.51. The number of piperidine rings is 1. The lowest BCUT2D eigenvalue weighted by Crippen LogP contribution is -2.63. The predicted octanol–water partition coefficient (Wildman–Crippen LogP) is 4.51. The first-order valence-corrected chi connectivity index (χ1v) is 14.6. The van der Waals surface area contributed by atoms with Gasteiger partial charge in [0.1, 0.15) is 28.5 Å². The van der Waals surface area contributed by atoms with Crippen LogP contribution in [0.2, 0.25) is 0 Å². The number of fused-ring (bicyclic) bond motifs is 2. The molecule has 1 unspecified atom stereocenters. The Morgan fingerprint density at radius 1 is 1.12 bits per heavy atom. The summed E-state index contributed by atoms with van der Waals surface area (Å²) in [5.41, 5.74) is 6.61. The highest BCUT2D eigenvalue weighted by molar-refractivity contribution is 5.91. The van der Waals surface area contributed by atoms with Gasteiger partial charge in [-0.15, -0.1) is 0 Å². The minimum Gasteiger partial charge on any atom is -0.382 e. The summed E-state index contributed by atoms with van der Waals surface area (Å²) in [5.74, 6) is -2.29. The fourth-order valence-corrected chi connectivity index (χ4v) is 6.70. The summed E-state index contributed by atoms with van der Waals surface area (Å²) >= 11 is 0. The number of nitrogens with one attached hydrogen (secondary N) is 1. The van der Waals surface area contributed by atoms with E-state index in [1.165, 1.54) is 19.1 Å². The molecule has 0 radical (unpaired) electrons. The average Bonchev–Trinajstić information content (AvgIpc) is 3.70. The van der Waals surface area contributed by atoms with E-state index in [0.717, 1.165) is 55.7 Å². The topological polar surface area (TPSA) is 109 Å². The van der Waals surface area contributed by atoms with E-state index in [2.05, 4.69) is 10.3 Å². The molecule has 1 amide bonds. The van der Waals surface area contributed by atoms with Crippen molar-refractivity contribution in [3.63, 3.8) is 0 Å². The molecule has 2 aromatic carbocycles. The molecule has 8 nitrogen and oxygen atoms in total. The average molecular weight is 591 g/mol. The van der Waals surface area contributed by atoms with Gasteiger partial charge in [0, 0.05) is 48.6 Å². The Kier molecular flexibility index (Phi) is 6.34. The molecule has 4 N–H and O–H groups in total. The summed E-state index contributed by atoms with van der Waals surface area (Å²) in [7, 11) is 0. The van der Waals surface area contributed by atoms with Gasteiger partial charge in [0.25, 0.3) is 0 Å². The van der Waals surface area contributed by atoms with Gasteiger partial charge in [-0.25, -0.2) is 14.4 Å². The molecule has 1 saturated carbocycles. The quantitative estimate of drug-likeness (QED) is 0.305. The number of piperazine rings is 1. The van der Waals surface area contributed by atoms with Crippen molar-refractivity contribution in [1.82, 2.24) is 24.6 Å². The highest BCUT2D eigenvalue weighted by atomic mass is 19.3. The fraction of sp³-hybridized carbons (Fsp3) is 0.406. The van der Waals surface area contributed by atoms with Gasteiger partial charge in [0.2, 0.25) is 5.91 Å². The van der Waals surface area contributed by atoms with Crippen LogP contribution in [0.1, 0.15) is 61.0 Å². The summed E-state index contributed by atoms with van der Waals surface area (Å²) < 4.78 is 43.0. The van der Waals surface area contributed by atoms with E-state index >= 15 is 0 Å². The normalized spacial score (nSPS) is 22.9. The van der Waals surface area contributed by atoms with Crippen LogP contribution in [-0.4, -0.2) is 61.6 Å². The fourth-order valence-electron chi connectivity index (χ4n) is 6.70. The summed E-state index contributed by atoms with van der Waals surface area (Å²) in [5, 5.41) is 14.9. The van der Waals surface area contributed by atoms with E-state index in [-0.39, 0.29) is 29.0 Å². The van der Waals surface area contributed by atoms with Gasteiger partial charge >= 0.3 is 5.92 Å². The largest absolute Gasteiger partial charge is 0.382 e. The molecule has 4 heterocycles. The number of aromatic nitrogens is 3. The number of rotatable bonds is 6. The van der Waals surface area contributed by atoms with Gasteiger partial charge in [-0.05, 0) is 49.8 Å². The second-order valence-corrected chi connectivity index (χ2v) is 12.3. The zero-order valence-electron chi connectivity index (χ0n) is 23.7. The van der Waals surface area contributed by atoms with Gasteiger partial charge < -0.3 is 21.1 Å². The summed E-state index contributed by atoms with van der Waals surface area (Å²) in [4.78, 5) is 24.7. The number of hydrogen-bond donors (Lipinski definition) is 3. The highest BCUT2D eigenvalue weighted by Gasteiger charge is 2.56. The van der Waals surface area contributed by atoms with Crippen molar-refractivity contribution in [2.45, 2.75) is 61.6 Å². The van der Waals surface area contributed by atoms with E-state index in [0.29, 0.717) is 29.1 Å². The van der Waals surface area contributed by atoms with Crippen LogP contribution in [0, 0.1) is 0 Å². The Morgan fingerprint density at radius 2 is 1.86 bits per heavy atom. The lowest BCUT2D eigenvalue weighted by Gasteiger charge is -2.45. The predicted molar refractivity (Wildman–Crippen MR) is 155 cm³/mol. The number of aliphatic hydroxyl groups is 1. The van der Waals surface area contributed by atoms with Crippen LogP contribution in [0.25, 0.3) is 16.8 Å². The highest BCUT2D eigenvalue weighted by Crippen LogP contribution is 2.44. The van der Waals surface area contributed by atoms with Crippen LogP contribution in [0.5, 0.6) is 0 Å². The molecule has 1 aliphatic carbocycles. The van der Waals surface area contributed by atoms with Crippen molar-refractivity contribution in [2.24, 2.45) is 0 Å². The van der Waals surface area contributed by atoms with Crippen molar-refractivity contribution < 1.29 is 23.1 Å². The molecule has 1 spiro atoms. The first-order valence-electron chi connectivity index (χ1n) is 14.6. The van der Waals surface area contributed by atoms with Gasteiger partial charge in [0.05, 0.1) is 5.54 Å². The van der Waals surface area contributed by atoms with Crippen LogP contribution < -0.4 is 11.1 Å². The molecule has 224 valence electrons. The van der Waals surface area contributed by atoms with E-state index in [9.17, 15) is 23.1 Å². The molecule has 0 bridgehead atoms. The summed E-state index contributed by atoms with van der Waals surface area (Å²) in [6, 6.07) is 12.4. The van der Waals surface area contributed by atoms with Crippen LogP contribution in [0.15, 0.2) is 60.9 Å². The molecule has 3 fully saturated rings. The number of nitrogens with two attached hydrogens (primary N) is 1. The maximum absolute atomic E-state index is 14.0. The van der Waals surface area contributed by atoms with Crippen LogP contribution >= 0.6 is 0 Å². The Morgan fingerprint density at radius 3 is 2.58 bits per heavy atom.